The van der Waals surface area contributed by atoms with Crippen molar-refractivity contribution in [3.63, 3.8) is 0 Å². The van der Waals surface area contributed by atoms with E-state index in [2.05, 4.69) is 0 Å². The van der Waals surface area contributed by atoms with E-state index in [1.165, 1.54) is 0 Å². The van der Waals surface area contributed by atoms with Crippen LogP contribution in [0.2, 0.25) is 0 Å². The van der Waals surface area contributed by atoms with E-state index < -0.39 is 15.5 Å². The number of hydrogen-bond acceptors (Lipinski definition) is 4. The number of phenols is 3. The highest BCUT2D eigenvalue weighted by Crippen LogP contribution is 2.39. The summed E-state index contributed by atoms with van der Waals surface area (Å²) < 4.78 is 0. The van der Waals surface area contributed by atoms with Crippen molar-refractivity contribution in [1.29, 1.82) is 0 Å². The van der Waals surface area contributed by atoms with E-state index in [0.29, 0.717) is 10.8 Å². The van der Waals surface area contributed by atoms with Crippen molar-refractivity contribution in [3.8, 4) is 17.2 Å². The van der Waals surface area contributed by atoms with Crippen LogP contribution in [-0.4, -0.2) is 29.9 Å². The van der Waals surface area contributed by atoms with Gasteiger partial charge in [0, 0.05) is 16.0 Å². The van der Waals surface area contributed by atoms with Crippen LogP contribution in [-0.2, 0) is 5.41 Å². The van der Waals surface area contributed by atoms with E-state index in [4.69, 9.17) is 0 Å². The van der Waals surface area contributed by atoms with Crippen LogP contribution < -0.4 is 5.19 Å². The Bertz CT molecular complexity index is 644. The molecule has 5 heteroatoms. The number of hydrogen-bond donors (Lipinski definition) is 4. The lowest BCUT2D eigenvalue weighted by molar-refractivity contribution is 0.405. The summed E-state index contributed by atoms with van der Waals surface area (Å²) in [5, 5.41) is 30.8. The Morgan fingerprint density at radius 1 is 0.895 bits per heavy atom. The summed E-state index contributed by atoms with van der Waals surface area (Å²) in [5.41, 5.74) is 0.913. The SMILES string of the molecule is CC(C)(C)c1ccc2c(O)c(O)c([SiH2]O)c(O)c2c1. The normalized spacial score (nSPS) is 12.6. The summed E-state index contributed by atoms with van der Waals surface area (Å²) in [5.74, 6) is -0.835. The van der Waals surface area contributed by atoms with Crippen molar-refractivity contribution in [3.05, 3.63) is 23.8 Å². The van der Waals surface area contributed by atoms with Gasteiger partial charge in [0.05, 0.1) is 0 Å². The van der Waals surface area contributed by atoms with Gasteiger partial charge >= 0.3 is 0 Å². The monoisotopic (exact) mass is 278 g/mol. The van der Waals surface area contributed by atoms with Crippen LogP contribution in [0.5, 0.6) is 17.2 Å². The molecule has 102 valence electrons. The van der Waals surface area contributed by atoms with Crippen LogP contribution in [0.25, 0.3) is 10.8 Å². The van der Waals surface area contributed by atoms with E-state index in [9.17, 15) is 20.1 Å². The molecule has 0 spiro atoms. The molecule has 0 amide bonds. The molecule has 0 radical (unpaired) electrons. The van der Waals surface area contributed by atoms with E-state index >= 15 is 0 Å². The first kappa shape index (κ1) is 13.7. The maximum atomic E-state index is 10.1. The van der Waals surface area contributed by atoms with Gasteiger partial charge < -0.3 is 20.1 Å². The molecule has 2 aromatic carbocycles. The van der Waals surface area contributed by atoms with Gasteiger partial charge in [-0.05, 0) is 17.0 Å². The van der Waals surface area contributed by atoms with Gasteiger partial charge in [-0.3, -0.25) is 0 Å². The molecule has 0 saturated heterocycles. The van der Waals surface area contributed by atoms with Crippen molar-refractivity contribution in [1.82, 2.24) is 0 Å². The average molecular weight is 278 g/mol. The minimum Gasteiger partial charge on any atom is -0.507 e. The van der Waals surface area contributed by atoms with Gasteiger partial charge in [0.25, 0.3) is 0 Å². The van der Waals surface area contributed by atoms with E-state index in [1.807, 2.05) is 26.8 Å². The predicted molar refractivity (Wildman–Crippen MR) is 78.0 cm³/mol. The fourth-order valence-electron chi connectivity index (χ4n) is 2.11. The average Bonchev–Trinajstić information content (AvgIpc) is 2.35. The van der Waals surface area contributed by atoms with E-state index in [0.717, 1.165) is 5.56 Å². The lowest BCUT2D eigenvalue weighted by Gasteiger charge is -2.20. The third kappa shape index (κ3) is 2.15. The molecule has 0 aliphatic carbocycles. The molecule has 0 aliphatic heterocycles. The van der Waals surface area contributed by atoms with Crippen LogP contribution >= 0.6 is 0 Å². The van der Waals surface area contributed by atoms with Gasteiger partial charge in [0.1, 0.15) is 5.75 Å². The van der Waals surface area contributed by atoms with Crippen molar-refractivity contribution in [2.24, 2.45) is 0 Å². The zero-order chi connectivity index (χ0) is 14.4. The van der Waals surface area contributed by atoms with E-state index in [1.54, 1.807) is 12.1 Å². The quantitative estimate of drug-likeness (QED) is 0.356. The minimum absolute atomic E-state index is 0.0797. The molecule has 0 saturated carbocycles. The fourth-order valence-corrected chi connectivity index (χ4v) is 2.77. The molecule has 0 bridgehead atoms. The molecule has 4 nitrogen and oxygen atoms in total. The zero-order valence-electron chi connectivity index (χ0n) is 11.2. The van der Waals surface area contributed by atoms with Crippen LogP contribution in [0.1, 0.15) is 26.3 Å². The summed E-state index contributed by atoms with van der Waals surface area (Å²) in [4.78, 5) is 9.32. The van der Waals surface area contributed by atoms with Gasteiger partial charge in [-0.1, -0.05) is 32.9 Å². The number of rotatable bonds is 1. The molecule has 0 fully saturated rings. The van der Waals surface area contributed by atoms with Gasteiger partial charge in [0.15, 0.2) is 21.3 Å². The van der Waals surface area contributed by atoms with E-state index in [-0.39, 0.29) is 22.1 Å². The Morgan fingerprint density at radius 2 is 1.53 bits per heavy atom. The molecule has 2 rings (SSSR count). The maximum Gasteiger partial charge on any atom is 0.196 e. The van der Waals surface area contributed by atoms with Gasteiger partial charge in [-0.2, -0.15) is 0 Å². The highest BCUT2D eigenvalue weighted by atomic mass is 28.2. The molecule has 2 aromatic rings. The summed E-state index contributed by atoms with van der Waals surface area (Å²) in [6.45, 7) is 6.15. The van der Waals surface area contributed by atoms with Crippen LogP contribution in [0.3, 0.4) is 0 Å². The topological polar surface area (TPSA) is 80.9 Å². The fraction of sp³-hybridized carbons (Fsp3) is 0.286. The number of fused-ring (bicyclic) bond motifs is 1. The summed E-state index contributed by atoms with van der Waals surface area (Å²) in [7, 11) is -1.78. The number of phenolic OH excluding ortho intramolecular Hbond substituents is 3. The molecule has 4 N–H and O–H groups in total. The third-order valence-electron chi connectivity index (χ3n) is 3.35. The zero-order valence-corrected chi connectivity index (χ0v) is 12.6. The van der Waals surface area contributed by atoms with Crippen molar-refractivity contribution in [2.45, 2.75) is 26.2 Å². The first-order chi connectivity index (χ1) is 8.77. The summed E-state index contributed by atoms with van der Waals surface area (Å²) in [6, 6.07) is 5.32. The maximum absolute atomic E-state index is 10.1. The Morgan fingerprint density at radius 3 is 2.05 bits per heavy atom. The molecule has 0 heterocycles. The molecule has 0 atom stereocenters. The van der Waals surface area contributed by atoms with Crippen LogP contribution in [0.15, 0.2) is 18.2 Å². The largest absolute Gasteiger partial charge is 0.507 e. The van der Waals surface area contributed by atoms with Crippen LogP contribution in [0.4, 0.5) is 0 Å². The molecule has 19 heavy (non-hydrogen) atoms. The van der Waals surface area contributed by atoms with Crippen molar-refractivity contribution < 1.29 is 20.1 Å². The molecule has 0 unspecified atom stereocenters. The lowest BCUT2D eigenvalue weighted by atomic mass is 9.85. The lowest BCUT2D eigenvalue weighted by Crippen LogP contribution is -2.15. The molecule has 0 aliphatic rings. The van der Waals surface area contributed by atoms with Gasteiger partial charge in [-0.25, -0.2) is 0 Å². The third-order valence-corrected chi connectivity index (χ3v) is 4.34. The Labute approximate surface area is 113 Å². The van der Waals surface area contributed by atoms with Crippen molar-refractivity contribution >= 4 is 25.7 Å². The standard InChI is InChI=1S/C14H18O4Si/c1-14(2,3)7-4-5-8-9(6-7)11(16)13(19-18)12(17)10(8)15/h4-6,15-18H,19H2,1-3H3. The van der Waals surface area contributed by atoms with Crippen molar-refractivity contribution in [2.75, 3.05) is 0 Å². The molecular weight excluding hydrogens is 260 g/mol. The Hall–Kier alpha value is -1.72. The Kier molecular flexibility index (Phi) is 3.20. The highest BCUT2D eigenvalue weighted by molar-refractivity contribution is 6.49. The second kappa shape index (κ2) is 4.43. The Balaban J connectivity index is 2.86. The smallest absolute Gasteiger partial charge is 0.196 e. The number of benzene rings is 2. The highest BCUT2D eigenvalue weighted by Gasteiger charge is 2.20. The summed E-state index contributed by atoms with van der Waals surface area (Å²) >= 11 is 0. The number of aromatic hydroxyl groups is 3. The van der Waals surface area contributed by atoms with Crippen LogP contribution in [0, 0.1) is 0 Å². The van der Waals surface area contributed by atoms with Gasteiger partial charge in [0.2, 0.25) is 0 Å². The molecular formula is C14H18O4Si. The summed E-state index contributed by atoms with van der Waals surface area (Å²) in [6.07, 6.45) is 0. The first-order valence-corrected chi connectivity index (χ1v) is 7.42. The van der Waals surface area contributed by atoms with Gasteiger partial charge in [-0.15, -0.1) is 0 Å². The second-order valence-electron chi connectivity index (χ2n) is 5.69. The minimum atomic E-state index is -1.78. The molecule has 0 aromatic heterocycles. The second-order valence-corrected chi connectivity index (χ2v) is 6.72. The first-order valence-electron chi connectivity index (χ1n) is 6.08. The predicted octanol–water partition coefficient (Wildman–Crippen LogP) is 0.955.